The van der Waals surface area contributed by atoms with E-state index in [-0.39, 0.29) is 24.0 Å². The lowest BCUT2D eigenvalue weighted by molar-refractivity contribution is 0.0186. The molecule has 0 aromatic carbocycles. The molecule has 2 fully saturated rings. The van der Waals surface area contributed by atoms with Gasteiger partial charge in [-0.2, -0.15) is 0 Å². The minimum Gasteiger partial charge on any atom is -0.379 e. The topological polar surface area (TPSA) is 52.1 Å². The van der Waals surface area contributed by atoms with E-state index in [2.05, 4.69) is 51.9 Å². The van der Waals surface area contributed by atoms with Gasteiger partial charge >= 0.3 is 0 Å². The standard InChI is InChI=1S/C19H33N5OS.HI/c1-3-20-19(21-14-16-6-4-8-23(16)2)22-15-17(18-7-5-13-26-18)24-9-11-25-12-10-24;/h5,7,13,16-17H,3-4,6,8-12,14-15H2,1-2H3,(H2,20,21,22);1H. The van der Waals surface area contributed by atoms with Gasteiger partial charge in [-0.15, -0.1) is 35.3 Å². The predicted molar refractivity (Wildman–Crippen MR) is 125 cm³/mol. The van der Waals surface area contributed by atoms with Crippen LogP contribution in [0.1, 0.15) is 30.7 Å². The maximum absolute atomic E-state index is 5.53. The highest BCUT2D eigenvalue weighted by molar-refractivity contribution is 14.0. The molecule has 0 saturated carbocycles. The summed E-state index contributed by atoms with van der Waals surface area (Å²) < 4.78 is 5.53. The molecule has 1 aromatic heterocycles. The number of nitrogens with zero attached hydrogens (tertiary/aromatic N) is 3. The van der Waals surface area contributed by atoms with Gasteiger partial charge in [0.1, 0.15) is 0 Å². The second-order valence-electron chi connectivity index (χ2n) is 7.06. The molecular weight excluding hydrogens is 473 g/mol. The number of guanidine groups is 1. The van der Waals surface area contributed by atoms with Gasteiger partial charge in [0.15, 0.2) is 5.96 Å². The maximum atomic E-state index is 5.53. The fourth-order valence-corrected chi connectivity index (χ4v) is 4.58. The molecule has 2 aliphatic heterocycles. The quantitative estimate of drug-likeness (QED) is 0.337. The van der Waals surface area contributed by atoms with E-state index >= 15 is 0 Å². The van der Waals surface area contributed by atoms with Gasteiger partial charge in [0.25, 0.3) is 0 Å². The molecule has 3 rings (SSSR count). The van der Waals surface area contributed by atoms with E-state index in [9.17, 15) is 0 Å². The highest BCUT2D eigenvalue weighted by Gasteiger charge is 2.24. The summed E-state index contributed by atoms with van der Waals surface area (Å²) >= 11 is 1.82. The SMILES string of the molecule is CCNC(=NCC(c1cccs1)N1CCOCC1)NCC1CCCN1C.I. The van der Waals surface area contributed by atoms with E-state index in [0.29, 0.717) is 12.1 Å². The van der Waals surface area contributed by atoms with Gasteiger partial charge in [-0.25, -0.2) is 0 Å². The molecule has 0 radical (unpaired) electrons. The summed E-state index contributed by atoms with van der Waals surface area (Å²) in [7, 11) is 2.22. The molecule has 0 spiro atoms. The summed E-state index contributed by atoms with van der Waals surface area (Å²) in [5.41, 5.74) is 0. The highest BCUT2D eigenvalue weighted by atomic mass is 127. The first kappa shape index (κ1) is 22.9. The number of halogens is 1. The third-order valence-electron chi connectivity index (χ3n) is 5.30. The van der Waals surface area contributed by atoms with Crippen LogP contribution in [0.2, 0.25) is 0 Å². The van der Waals surface area contributed by atoms with E-state index in [1.807, 2.05) is 11.3 Å². The lowest BCUT2D eigenvalue weighted by Crippen LogP contribution is -2.45. The molecule has 2 saturated heterocycles. The first-order valence-electron chi connectivity index (χ1n) is 9.85. The second-order valence-corrected chi connectivity index (χ2v) is 8.04. The molecule has 0 bridgehead atoms. The molecule has 0 amide bonds. The predicted octanol–water partition coefficient (Wildman–Crippen LogP) is 2.39. The van der Waals surface area contributed by atoms with Gasteiger partial charge in [0.05, 0.1) is 25.8 Å². The van der Waals surface area contributed by atoms with Crippen molar-refractivity contribution in [1.82, 2.24) is 20.4 Å². The van der Waals surface area contributed by atoms with E-state index in [1.165, 1.54) is 24.3 Å². The summed E-state index contributed by atoms with van der Waals surface area (Å²) in [5, 5.41) is 9.12. The van der Waals surface area contributed by atoms with Crippen LogP contribution in [0, 0.1) is 0 Å². The highest BCUT2D eigenvalue weighted by Crippen LogP contribution is 2.26. The average Bonchev–Trinajstić information content (AvgIpc) is 3.33. The van der Waals surface area contributed by atoms with Crippen LogP contribution >= 0.6 is 35.3 Å². The number of rotatable bonds is 7. The van der Waals surface area contributed by atoms with Crippen LogP contribution in [0.4, 0.5) is 0 Å². The Hall–Kier alpha value is -0.420. The van der Waals surface area contributed by atoms with Crippen LogP contribution in [-0.2, 0) is 4.74 Å². The van der Waals surface area contributed by atoms with Crippen molar-refractivity contribution in [3.05, 3.63) is 22.4 Å². The Kier molecular flexibility index (Phi) is 10.3. The summed E-state index contributed by atoms with van der Waals surface area (Å²) in [6.45, 7) is 9.54. The van der Waals surface area contributed by atoms with Crippen molar-refractivity contribution in [2.24, 2.45) is 4.99 Å². The second kappa shape index (κ2) is 12.2. The molecule has 27 heavy (non-hydrogen) atoms. The van der Waals surface area contributed by atoms with Crippen molar-refractivity contribution >= 4 is 41.3 Å². The van der Waals surface area contributed by atoms with Crippen LogP contribution in [0.15, 0.2) is 22.5 Å². The lowest BCUT2D eigenvalue weighted by atomic mass is 10.2. The number of morpholine rings is 1. The number of ether oxygens (including phenoxy) is 1. The van der Waals surface area contributed by atoms with Crippen LogP contribution in [-0.4, -0.2) is 81.3 Å². The third-order valence-corrected chi connectivity index (χ3v) is 6.27. The number of hydrogen-bond donors (Lipinski definition) is 2. The maximum Gasteiger partial charge on any atom is 0.191 e. The number of hydrogen-bond acceptors (Lipinski definition) is 5. The van der Waals surface area contributed by atoms with Crippen molar-refractivity contribution in [3.63, 3.8) is 0 Å². The fourth-order valence-electron chi connectivity index (χ4n) is 3.73. The summed E-state index contributed by atoms with van der Waals surface area (Å²) in [4.78, 5) is 11.3. The van der Waals surface area contributed by atoms with E-state index in [4.69, 9.17) is 9.73 Å². The Morgan fingerprint density at radius 2 is 2.15 bits per heavy atom. The van der Waals surface area contributed by atoms with Gasteiger partial charge in [-0.05, 0) is 44.8 Å². The molecule has 1 aromatic rings. The van der Waals surface area contributed by atoms with Gasteiger partial charge < -0.3 is 20.3 Å². The lowest BCUT2D eigenvalue weighted by Gasteiger charge is -2.33. The van der Waals surface area contributed by atoms with Crippen molar-refractivity contribution in [2.45, 2.75) is 31.8 Å². The Morgan fingerprint density at radius 1 is 1.33 bits per heavy atom. The monoisotopic (exact) mass is 507 g/mol. The Balaban J connectivity index is 0.00000261. The molecule has 2 aliphatic rings. The van der Waals surface area contributed by atoms with Crippen molar-refractivity contribution < 1.29 is 4.74 Å². The molecule has 6 nitrogen and oxygen atoms in total. The van der Waals surface area contributed by atoms with Crippen molar-refractivity contribution in [3.8, 4) is 0 Å². The Bertz CT molecular complexity index is 550. The van der Waals surface area contributed by atoms with Crippen LogP contribution in [0.3, 0.4) is 0 Å². The number of likely N-dealkylation sites (N-methyl/N-ethyl adjacent to an activating group) is 1. The first-order valence-corrected chi connectivity index (χ1v) is 10.7. The number of nitrogens with one attached hydrogen (secondary N) is 2. The zero-order chi connectivity index (χ0) is 18.2. The summed E-state index contributed by atoms with van der Waals surface area (Å²) in [6, 6.07) is 5.32. The molecule has 0 aliphatic carbocycles. The van der Waals surface area contributed by atoms with Gasteiger partial charge in [0, 0.05) is 37.1 Å². The molecule has 2 unspecified atom stereocenters. The smallest absolute Gasteiger partial charge is 0.191 e. The minimum absolute atomic E-state index is 0. The van der Waals surface area contributed by atoms with Crippen LogP contribution in [0.25, 0.3) is 0 Å². The zero-order valence-electron chi connectivity index (χ0n) is 16.5. The van der Waals surface area contributed by atoms with Crippen LogP contribution < -0.4 is 10.6 Å². The third kappa shape index (κ3) is 6.85. The zero-order valence-corrected chi connectivity index (χ0v) is 19.7. The van der Waals surface area contributed by atoms with Crippen molar-refractivity contribution in [1.29, 1.82) is 0 Å². The molecule has 8 heteroatoms. The molecular formula is C19H34IN5OS. The molecule has 2 N–H and O–H groups in total. The van der Waals surface area contributed by atoms with Gasteiger partial charge in [-0.1, -0.05) is 6.07 Å². The molecule has 154 valence electrons. The van der Waals surface area contributed by atoms with Gasteiger partial charge in [-0.3, -0.25) is 9.89 Å². The van der Waals surface area contributed by atoms with Crippen LogP contribution in [0.5, 0.6) is 0 Å². The normalized spacial score (nSPS) is 23.0. The number of aliphatic imine (C=N–C) groups is 1. The largest absolute Gasteiger partial charge is 0.379 e. The first-order chi connectivity index (χ1) is 12.8. The van der Waals surface area contributed by atoms with E-state index in [0.717, 1.165) is 51.9 Å². The minimum atomic E-state index is 0. The van der Waals surface area contributed by atoms with E-state index in [1.54, 1.807) is 0 Å². The van der Waals surface area contributed by atoms with Crippen molar-refractivity contribution in [2.75, 3.05) is 59.5 Å². The average molecular weight is 507 g/mol. The fraction of sp³-hybridized carbons (Fsp3) is 0.737. The Morgan fingerprint density at radius 3 is 2.78 bits per heavy atom. The Labute approximate surface area is 184 Å². The van der Waals surface area contributed by atoms with E-state index < -0.39 is 0 Å². The van der Waals surface area contributed by atoms with Gasteiger partial charge in [0.2, 0.25) is 0 Å². The number of likely N-dealkylation sites (tertiary alicyclic amines) is 1. The summed E-state index contributed by atoms with van der Waals surface area (Å²) in [6.07, 6.45) is 2.57. The number of thiophene rings is 1. The molecule has 2 atom stereocenters. The summed E-state index contributed by atoms with van der Waals surface area (Å²) in [5.74, 6) is 0.933. The molecule has 3 heterocycles.